The molecule has 230 valence electrons. The number of aliphatic hydroxyl groups is 1. The van der Waals surface area contributed by atoms with Crippen molar-refractivity contribution in [1.29, 1.82) is 0 Å². The lowest BCUT2D eigenvalue weighted by Gasteiger charge is -2.35. The number of oxazole rings is 1. The minimum Gasteiger partial charge on any atom is -0.436 e. The number of nitrogens with one attached hydrogen (secondary N) is 1. The second kappa shape index (κ2) is 12.2. The molecule has 2 N–H and O–H groups in total. The third-order valence-electron chi connectivity index (χ3n) is 8.43. The van der Waals surface area contributed by atoms with Gasteiger partial charge >= 0.3 is 0 Å². The first-order chi connectivity index (χ1) is 22.0. The Morgan fingerprint density at radius 3 is 2.64 bits per heavy atom. The predicted octanol–water partition coefficient (Wildman–Crippen LogP) is 3.85. The Morgan fingerprint density at radius 1 is 1.09 bits per heavy atom. The molecule has 2 aliphatic rings. The molecule has 1 aliphatic carbocycles. The molecule has 0 spiro atoms. The van der Waals surface area contributed by atoms with Gasteiger partial charge in [0.05, 0.1) is 25.0 Å². The number of piperidine rings is 1. The summed E-state index contributed by atoms with van der Waals surface area (Å²) in [6, 6.07) is 18.5. The number of hydrogen-bond acceptors (Lipinski definition) is 9. The van der Waals surface area contributed by atoms with Gasteiger partial charge in [-0.3, -0.25) is 14.6 Å². The van der Waals surface area contributed by atoms with Crippen LogP contribution in [0.2, 0.25) is 0 Å². The number of halogens is 1. The number of pyridine rings is 1. The van der Waals surface area contributed by atoms with E-state index >= 15 is 0 Å². The number of amides is 2. The van der Waals surface area contributed by atoms with Crippen LogP contribution >= 0.6 is 0 Å². The highest BCUT2D eigenvalue weighted by molar-refractivity contribution is 5.96. The van der Waals surface area contributed by atoms with Crippen molar-refractivity contribution >= 4 is 28.6 Å². The van der Waals surface area contributed by atoms with Crippen LogP contribution in [0.3, 0.4) is 0 Å². The van der Waals surface area contributed by atoms with Crippen molar-refractivity contribution < 1.29 is 23.5 Å². The smallest absolute Gasteiger partial charge is 0.272 e. The van der Waals surface area contributed by atoms with Crippen molar-refractivity contribution in [1.82, 2.24) is 35.1 Å². The van der Waals surface area contributed by atoms with E-state index < -0.39 is 12.1 Å². The lowest BCUT2D eigenvalue weighted by molar-refractivity contribution is -0.117. The maximum absolute atomic E-state index is 13.6. The largest absolute Gasteiger partial charge is 0.436 e. The molecule has 45 heavy (non-hydrogen) atoms. The molecule has 3 aromatic heterocycles. The molecular weight excluding hydrogens is 579 g/mol. The van der Waals surface area contributed by atoms with Crippen molar-refractivity contribution in [2.45, 2.75) is 37.9 Å². The van der Waals surface area contributed by atoms with Gasteiger partial charge in [0, 0.05) is 30.5 Å². The Labute approximate surface area is 257 Å². The molecule has 0 radical (unpaired) electrons. The molecule has 1 saturated heterocycles. The molecule has 7 rings (SSSR count). The maximum Gasteiger partial charge on any atom is 0.272 e. The summed E-state index contributed by atoms with van der Waals surface area (Å²) in [6.07, 6.45) is 2.24. The van der Waals surface area contributed by atoms with Gasteiger partial charge in [0.1, 0.15) is 17.4 Å². The Hall–Kier alpha value is -5.04. The van der Waals surface area contributed by atoms with E-state index in [1.807, 2.05) is 23.1 Å². The number of benzene rings is 2. The molecule has 2 aromatic carbocycles. The summed E-state index contributed by atoms with van der Waals surface area (Å²) in [5, 5.41) is 25.0. The number of hydrogen-bond donors (Lipinski definition) is 2. The molecule has 0 bridgehead atoms. The topological polar surface area (TPSA) is 152 Å². The highest BCUT2D eigenvalue weighted by Gasteiger charge is 2.43. The summed E-state index contributed by atoms with van der Waals surface area (Å²) in [5.41, 5.74) is 3.54. The lowest BCUT2D eigenvalue weighted by atomic mass is 9.79. The Bertz CT molecular complexity index is 1840. The van der Waals surface area contributed by atoms with E-state index in [0.717, 1.165) is 18.4 Å². The third kappa shape index (κ3) is 6.03. The van der Waals surface area contributed by atoms with Gasteiger partial charge in [0.15, 0.2) is 11.4 Å². The molecule has 1 aliphatic heterocycles. The Balaban J connectivity index is 1.04. The number of rotatable bonds is 9. The van der Waals surface area contributed by atoms with Gasteiger partial charge in [0.25, 0.3) is 5.91 Å². The van der Waals surface area contributed by atoms with E-state index in [0.29, 0.717) is 52.8 Å². The fraction of sp³-hybridized carbons (Fsp3) is 0.344. The molecule has 3 atom stereocenters. The van der Waals surface area contributed by atoms with Gasteiger partial charge in [0.2, 0.25) is 11.8 Å². The van der Waals surface area contributed by atoms with Crippen LogP contribution in [-0.4, -0.2) is 77.9 Å². The molecule has 13 heteroatoms. The standard InChI is InChI=1S/C32H31FN8O4/c33-24-18-23(24)30(43)35-22-6-7-27-25(17-22)36-31(45-27)21-8-11-34-26(16-21)32(44)40-12-9-20(10-13-40)28(19-4-2-1-3-5-19)29-37-39-41(38-29)14-15-42/h1-8,11,16-17,20,23-24,28,42H,9-10,12-15,18H2,(H,35,43)/t23-,24+,28?/m1/s1. The van der Waals surface area contributed by atoms with E-state index in [2.05, 4.69) is 42.8 Å². The van der Waals surface area contributed by atoms with Gasteiger partial charge < -0.3 is 19.7 Å². The van der Waals surface area contributed by atoms with Gasteiger partial charge in [-0.25, -0.2) is 9.37 Å². The number of aromatic nitrogens is 6. The summed E-state index contributed by atoms with van der Waals surface area (Å²) in [5.74, 6) is -0.0656. The number of anilines is 1. The van der Waals surface area contributed by atoms with Crippen LogP contribution in [0.15, 0.2) is 71.3 Å². The van der Waals surface area contributed by atoms with E-state index in [9.17, 15) is 19.1 Å². The maximum atomic E-state index is 13.6. The van der Waals surface area contributed by atoms with Crippen LogP contribution in [0.25, 0.3) is 22.6 Å². The predicted molar refractivity (Wildman–Crippen MR) is 161 cm³/mol. The fourth-order valence-corrected chi connectivity index (χ4v) is 5.93. The monoisotopic (exact) mass is 610 g/mol. The van der Waals surface area contributed by atoms with Gasteiger partial charge in [-0.2, -0.15) is 4.80 Å². The average Bonchev–Trinajstić information content (AvgIpc) is 3.41. The molecule has 4 heterocycles. The molecule has 12 nitrogen and oxygen atoms in total. The number of aliphatic hydroxyl groups excluding tert-OH is 1. The molecule has 2 amide bonds. The zero-order valence-electron chi connectivity index (χ0n) is 24.3. The second-order valence-corrected chi connectivity index (χ2v) is 11.5. The van der Waals surface area contributed by atoms with Gasteiger partial charge in [-0.15, -0.1) is 10.2 Å². The van der Waals surface area contributed by atoms with E-state index in [1.54, 1.807) is 36.5 Å². The number of carbonyl (C=O) groups is 2. The van der Waals surface area contributed by atoms with Crippen LogP contribution in [0.1, 0.15) is 47.1 Å². The number of fused-ring (bicyclic) bond motifs is 1. The fourth-order valence-electron chi connectivity index (χ4n) is 5.93. The van der Waals surface area contributed by atoms with Crippen molar-refractivity contribution in [2.75, 3.05) is 25.0 Å². The van der Waals surface area contributed by atoms with Gasteiger partial charge in [-0.1, -0.05) is 30.3 Å². The molecule has 1 saturated carbocycles. The number of nitrogens with zero attached hydrogens (tertiary/aromatic N) is 7. The third-order valence-corrected chi connectivity index (χ3v) is 8.43. The van der Waals surface area contributed by atoms with Crippen LogP contribution in [-0.2, 0) is 11.3 Å². The highest BCUT2D eigenvalue weighted by Crippen LogP contribution is 2.37. The molecule has 2 fully saturated rings. The number of likely N-dealkylation sites (tertiary alicyclic amines) is 1. The van der Waals surface area contributed by atoms with E-state index in [4.69, 9.17) is 4.42 Å². The molecule has 5 aromatic rings. The van der Waals surface area contributed by atoms with E-state index in [1.165, 1.54) is 4.80 Å². The minimum absolute atomic E-state index is 0.0716. The quantitative estimate of drug-likeness (QED) is 0.253. The lowest BCUT2D eigenvalue weighted by Crippen LogP contribution is -2.40. The summed E-state index contributed by atoms with van der Waals surface area (Å²) >= 11 is 0. The summed E-state index contributed by atoms with van der Waals surface area (Å²) in [7, 11) is 0. The minimum atomic E-state index is -1.07. The Kier molecular flexibility index (Phi) is 7.76. The number of tetrazole rings is 1. The van der Waals surface area contributed by atoms with E-state index in [-0.39, 0.29) is 43.2 Å². The average molecular weight is 611 g/mol. The van der Waals surface area contributed by atoms with Crippen LogP contribution in [0, 0.1) is 11.8 Å². The highest BCUT2D eigenvalue weighted by atomic mass is 19.1. The molecular formula is C32H31FN8O4. The first kappa shape index (κ1) is 28.7. The van der Waals surface area contributed by atoms with Crippen molar-refractivity contribution in [3.63, 3.8) is 0 Å². The summed E-state index contributed by atoms with van der Waals surface area (Å²) in [4.78, 5) is 37.8. The van der Waals surface area contributed by atoms with Crippen molar-refractivity contribution in [3.05, 3.63) is 83.9 Å². The van der Waals surface area contributed by atoms with Crippen molar-refractivity contribution in [2.24, 2.45) is 11.8 Å². The second-order valence-electron chi connectivity index (χ2n) is 11.5. The normalized spacial score (nSPS) is 19.0. The first-order valence-corrected chi connectivity index (χ1v) is 15.0. The SMILES string of the molecule is O=C(Nc1ccc2oc(-c3ccnc(C(=O)N4CCC(C(c5ccccc5)c5nnn(CCO)n5)CC4)c3)nc2c1)[C@@H]1C[C@@H]1F. The number of alkyl halides is 1. The number of carbonyl (C=O) groups excluding carboxylic acids is 2. The van der Waals surface area contributed by atoms with Crippen LogP contribution in [0.5, 0.6) is 0 Å². The zero-order chi connectivity index (χ0) is 30.9. The summed E-state index contributed by atoms with van der Waals surface area (Å²) < 4.78 is 19.2. The van der Waals surface area contributed by atoms with Gasteiger partial charge in [-0.05, 0) is 66.3 Å². The van der Waals surface area contributed by atoms with Crippen molar-refractivity contribution in [3.8, 4) is 11.5 Å². The molecule has 1 unspecified atom stereocenters. The first-order valence-electron chi connectivity index (χ1n) is 15.0. The van der Waals surface area contributed by atoms with Crippen LogP contribution < -0.4 is 5.32 Å². The zero-order valence-corrected chi connectivity index (χ0v) is 24.3. The summed E-state index contributed by atoms with van der Waals surface area (Å²) in [6.45, 7) is 1.30. The van der Waals surface area contributed by atoms with Crippen LogP contribution in [0.4, 0.5) is 10.1 Å². The Morgan fingerprint density at radius 2 is 1.89 bits per heavy atom.